The fourth-order valence-electron chi connectivity index (χ4n) is 3.20. The monoisotopic (exact) mass is 328 g/mol. The predicted molar refractivity (Wildman–Crippen MR) is 90.4 cm³/mol. The standard InChI is InChI=1S/C19H21FN2O2/c1-21-8-7-16(13-18(21)23)19(24)22-9-5-14(6-10-22)11-15-3-2-4-17(20)12-15/h2-4,7-8,12-14H,5-6,9-11H2,1H3. The molecule has 0 saturated carbocycles. The van der Waals surface area contributed by atoms with Gasteiger partial charge in [0.25, 0.3) is 11.5 Å². The molecule has 2 aromatic rings. The molecule has 2 heterocycles. The van der Waals surface area contributed by atoms with Crippen molar-refractivity contribution in [1.82, 2.24) is 9.47 Å². The van der Waals surface area contributed by atoms with Gasteiger partial charge in [-0.15, -0.1) is 0 Å². The van der Waals surface area contributed by atoms with Crippen LogP contribution in [-0.2, 0) is 13.5 Å². The lowest BCUT2D eigenvalue weighted by Gasteiger charge is -2.32. The molecular weight excluding hydrogens is 307 g/mol. The lowest BCUT2D eigenvalue weighted by Crippen LogP contribution is -2.39. The van der Waals surface area contributed by atoms with Gasteiger partial charge in [0.2, 0.25) is 0 Å². The normalized spacial score (nSPS) is 15.5. The van der Waals surface area contributed by atoms with E-state index in [1.54, 1.807) is 36.3 Å². The SMILES string of the molecule is Cn1ccc(C(=O)N2CCC(Cc3cccc(F)c3)CC2)cc1=O. The Balaban J connectivity index is 1.59. The van der Waals surface area contributed by atoms with Crippen molar-refractivity contribution in [2.45, 2.75) is 19.3 Å². The molecule has 1 aromatic carbocycles. The average molecular weight is 328 g/mol. The molecular formula is C19H21FN2O2. The summed E-state index contributed by atoms with van der Waals surface area (Å²) >= 11 is 0. The van der Waals surface area contributed by atoms with Gasteiger partial charge < -0.3 is 9.47 Å². The van der Waals surface area contributed by atoms with Crippen LogP contribution in [0.25, 0.3) is 0 Å². The van der Waals surface area contributed by atoms with Crippen LogP contribution in [0.5, 0.6) is 0 Å². The molecule has 4 nitrogen and oxygen atoms in total. The van der Waals surface area contributed by atoms with E-state index in [-0.39, 0.29) is 17.3 Å². The first-order valence-corrected chi connectivity index (χ1v) is 8.23. The van der Waals surface area contributed by atoms with Crippen molar-refractivity contribution in [2.24, 2.45) is 13.0 Å². The molecule has 0 unspecified atom stereocenters. The summed E-state index contributed by atoms with van der Waals surface area (Å²) in [5.74, 6) is 0.169. The maximum atomic E-state index is 13.3. The number of aryl methyl sites for hydroxylation is 1. The number of carbonyl (C=O) groups excluding carboxylic acids is 1. The topological polar surface area (TPSA) is 42.3 Å². The van der Waals surface area contributed by atoms with Gasteiger partial charge in [-0.3, -0.25) is 9.59 Å². The zero-order chi connectivity index (χ0) is 17.1. The Morgan fingerprint density at radius 2 is 1.96 bits per heavy atom. The van der Waals surface area contributed by atoms with Crippen LogP contribution in [0.3, 0.4) is 0 Å². The molecule has 1 aromatic heterocycles. The molecule has 0 radical (unpaired) electrons. The molecule has 1 aliphatic heterocycles. The van der Waals surface area contributed by atoms with Crippen LogP contribution < -0.4 is 5.56 Å². The van der Waals surface area contributed by atoms with Crippen molar-refractivity contribution in [3.63, 3.8) is 0 Å². The van der Waals surface area contributed by atoms with Crippen molar-refractivity contribution in [2.75, 3.05) is 13.1 Å². The maximum absolute atomic E-state index is 13.3. The van der Waals surface area contributed by atoms with Gasteiger partial charge in [0.15, 0.2) is 0 Å². The van der Waals surface area contributed by atoms with Crippen LogP contribution in [0.1, 0.15) is 28.8 Å². The second-order valence-corrected chi connectivity index (χ2v) is 6.43. The molecule has 1 saturated heterocycles. The van der Waals surface area contributed by atoms with Gasteiger partial charge >= 0.3 is 0 Å². The number of carbonyl (C=O) groups is 1. The maximum Gasteiger partial charge on any atom is 0.254 e. The average Bonchev–Trinajstić information content (AvgIpc) is 2.57. The van der Waals surface area contributed by atoms with Crippen molar-refractivity contribution in [3.8, 4) is 0 Å². The fraction of sp³-hybridized carbons (Fsp3) is 0.368. The first-order chi connectivity index (χ1) is 11.5. The molecule has 126 valence electrons. The summed E-state index contributed by atoms with van der Waals surface area (Å²) in [7, 11) is 1.66. The van der Waals surface area contributed by atoms with Gasteiger partial charge in [-0.25, -0.2) is 4.39 Å². The first-order valence-electron chi connectivity index (χ1n) is 8.23. The van der Waals surface area contributed by atoms with Crippen molar-refractivity contribution < 1.29 is 9.18 Å². The predicted octanol–water partition coefficient (Wildman–Crippen LogP) is 2.62. The van der Waals surface area contributed by atoms with Gasteiger partial charge in [0.1, 0.15) is 5.82 Å². The lowest BCUT2D eigenvalue weighted by molar-refractivity contribution is 0.0690. The molecule has 0 aliphatic carbocycles. The number of amides is 1. The van der Waals surface area contributed by atoms with Crippen molar-refractivity contribution >= 4 is 5.91 Å². The van der Waals surface area contributed by atoms with E-state index in [4.69, 9.17) is 0 Å². The highest BCUT2D eigenvalue weighted by Crippen LogP contribution is 2.23. The van der Waals surface area contributed by atoms with E-state index in [2.05, 4.69) is 0 Å². The number of aromatic nitrogens is 1. The van der Waals surface area contributed by atoms with E-state index in [9.17, 15) is 14.0 Å². The fourth-order valence-corrected chi connectivity index (χ4v) is 3.20. The van der Waals surface area contributed by atoms with Gasteiger partial charge in [0.05, 0.1) is 0 Å². The summed E-state index contributed by atoms with van der Waals surface area (Å²) in [6.07, 6.45) is 4.25. The Morgan fingerprint density at radius 3 is 2.62 bits per heavy atom. The van der Waals surface area contributed by atoms with E-state index in [1.165, 1.54) is 16.7 Å². The van der Waals surface area contributed by atoms with E-state index >= 15 is 0 Å². The minimum atomic E-state index is -0.203. The molecule has 0 spiro atoms. The molecule has 0 N–H and O–H groups in total. The number of likely N-dealkylation sites (tertiary alicyclic amines) is 1. The van der Waals surface area contributed by atoms with Crippen molar-refractivity contribution in [1.29, 1.82) is 0 Å². The quantitative estimate of drug-likeness (QED) is 0.869. The molecule has 1 aliphatic rings. The molecule has 24 heavy (non-hydrogen) atoms. The number of nitrogens with zero attached hydrogens (tertiary/aromatic N) is 2. The van der Waals surface area contributed by atoms with Gasteiger partial charge in [-0.05, 0) is 48.9 Å². The Labute approximate surface area is 140 Å². The Bertz CT molecular complexity index is 792. The third kappa shape index (κ3) is 3.72. The molecule has 0 atom stereocenters. The smallest absolute Gasteiger partial charge is 0.254 e. The number of benzene rings is 1. The minimum absolute atomic E-state index is 0.0862. The van der Waals surface area contributed by atoms with Crippen LogP contribution in [0.4, 0.5) is 4.39 Å². The van der Waals surface area contributed by atoms with E-state index in [0.717, 1.165) is 24.8 Å². The third-order valence-corrected chi connectivity index (χ3v) is 4.67. The van der Waals surface area contributed by atoms with Gasteiger partial charge in [-0.1, -0.05) is 12.1 Å². The van der Waals surface area contributed by atoms with E-state index in [0.29, 0.717) is 24.6 Å². The zero-order valence-electron chi connectivity index (χ0n) is 13.7. The Hall–Kier alpha value is -2.43. The summed E-state index contributed by atoms with van der Waals surface area (Å²) in [4.78, 5) is 26.0. The second-order valence-electron chi connectivity index (χ2n) is 6.43. The van der Waals surface area contributed by atoms with Gasteiger partial charge in [-0.2, -0.15) is 0 Å². The number of hydrogen-bond acceptors (Lipinski definition) is 2. The Morgan fingerprint density at radius 1 is 1.21 bits per heavy atom. The number of halogens is 1. The second kappa shape index (κ2) is 6.99. The summed E-state index contributed by atoms with van der Waals surface area (Å²) in [6.45, 7) is 1.35. The van der Waals surface area contributed by atoms with Gasteiger partial charge in [0, 0.05) is 38.0 Å². The molecule has 1 amide bonds. The van der Waals surface area contributed by atoms with Crippen LogP contribution in [-0.4, -0.2) is 28.5 Å². The summed E-state index contributed by atoms with van der Waals surface area (Å²) in [5.41, 5.74) is 1.27. The highest BCUT2D eigenvalue weighted by Gasteiger charge is 2.24. The summed E-state index contributed by atoms with van der Waals surface area (Å²) in [6, 6.07) is 9.79. The number of piperidine rings is 1. The highest BCUT2D eigenvalue weighted by atomic mass is 19.1. The molecule has 3 rings (SSSR count). The van der Waals surface area contributed by atoms with Crippen LogP contribution in [0.2, 0.25) is 0 Å². The van der Waals surface area contributed by atoms with Crippen LogP contribution in [0.15, 0.2) is 47.4 Å². The van der Waals surface area contributed by atoms with Crippen LogP contribution >= 0.6 is 0 Å². The molecule has 5 heteroatoms. The Kier molecular flexibility index (Phi) is 4.79. The van der Waals surface area contributed by atoms with E-state index < -0.39 is 0 Å². The zero-order valence-corrected chi connectivity index (χ0v) is 13.7. The molecule has 0 bridgehead atoms. The number of pyridine rings is 1. The molecule has 1 fully saturated rings. The largest absolute Gasteiger partial charge is 0.339 e. The number of hydrogen-bond donors (Lipinski definition) is 0. The van der Waals surface area contributed by atoms with Crippen molar-refractivity contribution in [3.05, 3.63) is 69.9 Å². The minimum Gasteiger partial charge on any atom is -0.339 e. The summed E-state index contributed by atoms with van der Waals surface area (Å²) in [5, 5.41) is 0. The van der Waals surface area contributed by atoms with Crippen LogP contribution in [0, 0.1) is 11.7 Å². The third-order valence-electron chi connectivity index (χ3n) is 4.67. The lowest BCUT2D eigenvalue weighted by atomic mass is 9.90. The van der Waals surface area contributed by atoms with E-state index in [1.807, 2.05) is 6.07 Å². The highest BCUT2D eigenvalue weighted by molar-refractivity contribution is 5.94. The first kappa shape index (κ1) is 16.4. The summed E-state index contributed by atoms with van der Waals surface area (Å²) < 4.78 is 14.7. The number of rotatable bonds is 3.